The molecule has 0 saturated carbocycles. The van der Waals surface area contributed by atoms with Crippen LogP contribution in [-0.2, 0) is 19.6 Å². The number of hydrogen-bond donors (Lipinski definition) is 0. The maximum absolute atomic E-state index is 12.9. The SMILES string of the molecule is CCOC(=O)N1CCN(C(=O)CN(CC)S(=O)(=O)c2cc(Cl)ccc2Cl)CC1. The number of nitrogens with zero attached hydrogens (tertiary/aromatic N) is 3. The second-order valence-corrected chi connectivity index (χ2v) is 8.82. The van der Waals surface area contributed by atoms with E-state index in [9.17, 15) is 18.0 Å². The van der Waals surface area contributed by atoms with Gasteiger partial charge in [0.05, 0.1) is 18.2 Å². The number of carbonyl (C=O) groups is 2. The van der Waals surface area contributed by atoms with Crippen LogP contribution in [-0.4, -0.2) is 80.4 Å². The van der Waals surface area contributed by atoms with Crippen LogP contribution in [0.4, 0.5) is 4.79 Å². The summed E-state index contributed by atoms with van der Waals surface area (Å²) in [7, 11) is -3.98. The first-order valence-corrected chi connectivity index (χ1v) is 11.0. The number of carbonyl (C=O) groups excluding carboxylic acids is 2. The molecule has 0 aromatic heterocycles. The first-order valence-electron chi connectivity index (χ1n) is 8.85. The molecule has 28 heavy (non-hydrogen) atoms. The maximum atomic E-state index is 12.9. The molecule has 1 aliphatic rings. The van der Waals surface area contributed by atoms with Crippen LogP contribution < -0.4 is 0 Å². The number of benzene rings is 1. The first-order chi connectivity index (χ1) is 13.2. The summed E-state index contributed by atoms with van der Waals surface area (Å²) < 4.78 is 31.8. The minimum absolute atomic E-state index is 0.0401. The third-order valence-corrected chi connectivity index (χ3v) is 6.97. The molecule has 1 aliphatic heterocycles. The number of amides is 2. The molecule has 0 N–H and O–H groups in total. The Morgan fingerprint density at radius 1 is 1.11 bits per heavy atom. The van der Waals surface area contributed by atoms with E-state index < -0.39 is 16.1 Å². The van der Waals surface area contributed by atoms with Crippen LogP contribution in [0.25, 0.3) is 0 Å². The summed E-state index contributed by atoms with van der Waals surface area (Å²) in [6.07, 6.45) is -0.414. The molecule has 0 atom stereocenters. The van der Waals surface area contributed by atoms with E-state index in [0.717, 1.165) is 4.31 Å². The zero-order chi connectivity index (χ0) is 20.9. The highest BCUT2D eigenvalue weighted by atomic mass is 35.5. The van der Waals surface area contributed by atoms with E-state index in [-0.39, 0.29) is 40.5 Å². The topological polar surface area (TPSA) is 87.2 Å². The molecule has 1 saturated heterocycles. The van der Waals surface area contributed by atoms with Crippen LogP contribution in [0.5, 0.6) is 0 Å². The molecule has 0 bridgehead atoms. The second kappa shape index (κ2) is 9.78. The van der Waals surface area contributed by atoms with Crippen molar-refractivity contribution in [2.45, 2.75) is 18.7 Å². The van der Waals surface area contributed by atoms with Gasteiger partial charge in [-0.25, -0.2) is 13.2 Å². The van der Waals surface area contributed by atoms with Crippen molar-refractivity contribution in [1.29, 1.82) is 0 Å². The molecular formula is C17H23Cl2N3O5S. The van der Waals surface area contributed by atoms with Crippen LogP contribution in [0.2, 0.25) is 10.0 Å². The van der Waals surface area contributed by atoms with Gasteiger partial charge < -0.3 is 14.5 Å². The van der Waals surface area contributed by atoms with Gasteiger partial charge in [0.15, 0.2) is 0 Å². The molecule has 11 heteroatoms. The zero-order valence-electron chi connectivity index (χ0n) is 15.7. The average Bonchev–Trinajstić information content (AvgIpc) is 2.67. The molecule has 1 aromatic carbocycles. The van der Waals surface area contributed by atoms with E-state index in [1.54, 1.807) is 13.8 Å². The van der Waals surface area contributed by atoms with Crippen molar-refractivity contribution in [2.75, 3.05) is 45.9 Å². The fraction of sp³-hybridized carbons (Fsp3) is 0.529. The third-order valence-electron chi connectivity index (χ3n) is 4.33. The van der Waals surface area contributed by atoms with Gasteiger partial charge in [0, 0.05) is 37.7 Å². The van der Waals surface area contributed by atoms with Crippen LogP contribution in [0.1, 0.15) is 13.8 Å². The lowest BCUT2D eigenvalue weighted by atomic mass is 10.3. The minimum Gasteiger partial charge on any atom is -0.450 e. The number of likely N-dealkylation sites (N-methyl/N-ethyl adjacent to an activating group) is 1. The summed E-state index contributed by atoms with van der Waals surface area (Å²) in [6, 6.07) is 4.17. The van der Waals surface area contributed by atoms with Gasteiger partial charge in [-0.15, -0.1) is 0 Å². The highest BCUT2D eigenvalue weighted by Gasteiger charge is 2.31. The van der Waals surface area contributed by atoms with Crippen molar-refractivity contribution >= 4 is 45.2 Å². The summed E-state index contributed by atoms with van der Waals surface area (Å²) in [5.74, 6) is -0.341. The lowest BCUT2D eigenvalue weighted by Crippen LogP contribution is -2.53. The lowest BCUT2D eigenvalue weighted by Gasteiger charge is -2.35. The Kier molecular flexibility index (Phi) is 7.94. The van der Waals surface area contributed by atoms with Gasteiger partial charge in [-0.05, 0) is 25.1 Å². The van der Waals surface area contributed by atoms with E-state index in [1.165, 1.54) is 28.0 Å². The Labute approximate surface area is 175 Å². The molecule has 1 heterocycles. The molecule has 8 nitrogen and oxygen atoms in total. The molecule has 1 aromatic rings. The van der Waals surface area contributed by atoms with E-state index in [4.69, 9.17) is 27.9 Å². The summed E-state index contributed by atoms with van der Waals surface area (Å²) in [6.45, 7) is 4.73. The number of hydrogen-bond acceptors (Lipinski definition) is 5. The number of piperazine rings is 1. The Balaban J connectivity index is 2.05. The maximum Gasteiger partial charge on any atom is 0.409 e. The second-order valence-electron chi connectivity index (χ2n) is 6.07. The fourth-order valence-electron chi connectivity index (χ4n) is 2.78. The van der Waals surface area contributed by atoms with Gasteiger partial charge in [-0.1, -0.05) is 30.1 Å². The molecule has 2 amide bonds. The summed E-state index contributed by atoms with van der Waals surface area (Å²) >= 11 is 11.9. The molecule has 0 unspecified atom stereocenters. The quantitative estimate of drug-likeness (QED) is 0.661. The van der Waals surface area contributed by atoms with Crippen molar-refractivity contribution < 1.29 is 22.7 Å². The smallest absolute Gasteiger partial charge is 0.409 e. The highest BCUT2D eigenvalue weighted by Crippen LogP contribution is 2.27. The predicted molar refractivity (Wildman–Crippen MR) is 106 cm³/mol. The Hall–Kier alpha value is -1.55. The van der Waals surface area contributed by atoms with Gasteiger partial charge in [0.1, 0.15) is 4.90 Å². The van der Waals surface area contributed by atoms with Crippen LogP contribution in [0.15, 0.2) is 23.1 Å². The van der Waals surface area contributed by atoms with Crippen molar-refractivity contribution in [2.24, 2.45) is 0 Å². The van der Waals surface area contributed by atoms with Gasteiger partial charge >= 0.3 is 6.09 Å². The van der Waals surface area contributed by atoms with E-state index in [0.29, 0.717) is 26.2 Å². The lowest BCUT2D eigenvalue weighted by molar-refractivity contribution is -0.133. The van der Waals surface area contributed by atoms with Crippen molar-refractivity contribution in [3.8, 4) is 0 Å². The average molecular weight is 452 g/mol. The summed E-state index contributed by atoms with van der Waals surface area (Å²) in [4.78, 5) is 27.3. The van der Waals surface area contributed by atoms with E-state index in [1.807, 2.05) is 0 Å². The van der Waals surface area contributed by atoms with Crippen LogP contribution in [0.3, 0.4) is 0 Å². The molecule has 2 rings (SSSR count). The summed E-state index contributed by atoms with van der Waals surface area (Å²) in [5.41, 5.74) is 0. The first kappa shape index (κ1) is 22.7. The van der Waals surface area contributed by atoms with E-state index in [2.05, 4.69) is 0 Å². The molecular weight excluding hydrogens is 429 g/mol. The van der Waals surface area contributed by atoms with Gasteiger partial charge in [0.2, 0.25) is 15.9 Å². The molecule has 1 fully saturated rings. The standard InChI is InChI=1S/C17H23Cl2N3O5S/c1-3-22(28(25,26)15-11-13(18)5-6-14(15)19)12-16(23)20-7-9-21(10-8-20)17(24)27-4-2/h5-6,11H,3-4,7-10,12H2,1-2H3. The van der Waals surface area contributed by atoms with Gasteiger partial charge in [0.25, 0.3) is 0 Å². The van der Waals surface area contributed by atoms with Crippen molar-refractivity contribution in [1.82, 2.24) is 14.1 Å². The summed E-state index contributed by atoms with van der Waals surface area (Å²) in [5, 5.41) is 0.277. The van der Waals surface area contributed by atoms with Crippen molar-refractivity contribution in [3.63, 3.8) is 0 Å². The van der Waals surface area contributed by atoms with Crippen molar-refractivity contribution in [3.05, 3.63) is 28.2 Å². The highest BCUT2D eigenvalue weighted by molar-refractivity contribution is 7.89. The Morgan fingerprint density at radius 2 is 1.71 bits per heavy atom. The number of ether oxygens (including phenoxy) is 1. The zero-order valence-corrected chi connectivity index (χ0v) is 18.1. The predicted octanol–water partition coefficient (Wildman–Crippen LogP) is 2.30. The minimum atomic E-state index is -3.98. The normalized spacial score (nSPS) is 15.0. The monoisotopic (exact) mass is 451 g/mol. The fourth-order valence-corrected chi connectivity index (χ4v) is 4.92. The number of halogens is 2. The molecule has 0 aliphatic carbocycles. The van der Waals surface area contributed by atoms with E-state index >= 15 is 0 Å². The Bertz CT molecular complexity index is 826. The van der Waals surface area contributed by atoms with Gasteiger partial charge in [-0.3, -0.25) is 4.79 Å². The van der Waals surface area contributed by atoms with Gasteiger partial charge in [-0.2, -0.15) is 4.31 Å². The number of rotatable bonds is 6. The van der Waals surface area contributed by atoms with Crippen LogP contribution in [0, 0.1) is 0 Å². The van der Waals surface area contributed by atoms with Crippen LogP contribution >= 0.6 is 23.2 Å². The molecule has 0 spiro atoms. The molecule has 0 radical (unpaired) electrons. The molecule has 156 valence electrons. The number of sulfonamides is 1. The third kappa shape index (κ3) is 5.28. The Morgan fingerprint density at radius 3 is 2.29 bits per heavy atom. The largest absolute Gasteiger partial charge is 0.450 e.